The number of nitrogens with zero attached hydrogens (tertiary/aromatic N) is 1. The van der Waals surface area contributed by atoms with Gasteiger partial charge in [0.1, 0.15) is 0 Å². The van der Waals surface area contributed by atoms with E-state index in [1.165, 1.54) is 0 Å². The minimum Gasteiger partial charge on any atom is -0.383 e. The number of nitrogens with one attached hydrogen (secondary N) is 1. The van der Waals surface area contributed by atoms with Crippen molar-refractivity contribution < 1.29 is 4.74 Å². The largest absolute Gasteiger partial charge is 0.383 e. The molecule has 1 heterocycles. The first kappa shape index (κ1) is 12.6. The summed E-state index contributed by atoms with van der Waals surface area (Å²) < 4.78 is 5.20. The first-order valence-corrected chi connectivity index (χ1v) is 6.22. The van der Waals surface area contributed by atoms with Crippen LogP contribution in [0.3, 0.4) is 0 Å². The van der Waals surface area contributed by atoms with Crippen LogP contribution in [0.25, 0.3) is 0 Å². The number of rotatable bonds is 6. The standard InChI is InChI=1S/C11H20N2OS/c1-8(2)10(5-14-4)13-9(3)11-6-15-7-12-11/h6-10,13H,5H2,1-4H3. The van der Waals surface area contributed by atoms with Crippen molar-refractivity contribution in [3.63, 3.8) is 0 Å². The number of thiazole rings is 1. The fourth-order valence-electron chi connectivity index (χ4n) is 1.45. The molecule has 0 fully saturated rings. The molecule has 0 aromatic carbocycles. The van der Waals surface area contributed by atoms with E-state index in [1.54, 1.807) is 18.4 Å². The second-order valence-electron chi connectivity index (χ2n) is 4.11. The third kappa shape index (κ3) is 3.89. The first-order chi connectivity index (χ1) is 7.15. The fraction of sp³-hybridized carbons (Fsp3) is 0.727. The minimum absolute atomic E-state index is 0.291. The van der Waals surface area contributed by atoms with Crippen LogP contribution in [0, 0.1) is 5.92 Å². The lowest BCUT2D eigenvalue weighted by Gasteiger charge is -2.25. The van der Waals surface area contributed by atoms with E-state index in [9.17, 15) is 0 Å². The molecule has 0 amide bonds. The Hall–Kier alpha value is -0.450. The topological polar surface area (TPSA) is 34.1 Å². The van der Waals surface area contributed by atoms with Gasteiger partial charge in [0, 0.05) is 24.6 Å². The van der Waals surface area contributed by atoms with Gasteiger partial charge in [0.15, 0.2) is 0 Å². The van der Waals surface area contributed by atoms with Gasteiger partial charge in [-0.15, -0.1) is 11.3 Å². The Morgan fingerprint density at radius 1 is 1.47 bits per heavy atom. The molecule has 0 aliphatic carbocycles. The summed E-state index contributed by atoms with van der Waals surface area (Å²) in [7, 11) is 1.74. The summed E-state index contributed by atoms with van der Waals surface area (Å²) >= 11 is 1.63. The van der Waals surface area contributed by atoms with Crippen molar-refractivity contribution in [2.75, 3.05) is 13.7 Å². The van der Waals surface area contributed by atoms with Crippen LogP contribution in [0.1, 0.15) is 32.5 Å². The molecule has 0 saturated carbocycles. The highest BCUT2D eigenvalue weighted by molar-refractivity contribution is 7.07. The SMILES string of the molecule is COCC(NC(C)c1cscn1)C(C)C. The number of aromatic nitrogens is 1. The van der Waals surface area contributed by atoms with Crippen molar-refractivity contribution in [3.8, 4) is 0 Å². The van der Waals surface area contributed by atoms with Gasteiger partial charge in [-0.05, 0) is 12.8 Å². The lowest BCUT2D eigenvalue weighted by atomic mass is 10.0. The van der Waals surface area contributed by atoms with E-state index in [4.69, 9.17) is 4.74 Å². The average molecular weight is 228 g/mol. The summed E-state index contributed by atoms with van der Waals surface area (Å²) in [6.07, 6.45) is 0. The van der Waals surface area contributed by atoms with Crippen LogP contribution in [0.5, 0.6) is 0 Å². The van der Waals surface area contributed by atoms with E-state index in [0.717, 1.165) is 12.3 Å². The number of hydrogen-bond acceptors (Lipinski definition) is 4. The molecular formula is C11H20N2OS. The molecule has 4 heteroatoms. The van der Waals surface area contributed by atoms with Gasteiger partial charge < -0.3 is 10.1 Å². The molecule has 1 aromatic rings. The maximum absolute atomic E-state index is 5.20. The van der Waals surface area contributed by atoms with E-state index < -0.39 is 0 Å². The molecule has 2 unspecified atom stereocenters. The number of hydrogen-bond donors (Lipinski definition) is 1. The summed E-state index contributed by atoms with van der Waals surface area (Å²) in [5.74, 6) is 0.561. The molecule has 0 saturated heterocycles. The summed E-state index contributed by atoms with van der Waals surface area (Å²) in [5.41, 5.74) is 2.98. The van der Waals surface area contributed by atoms with Crippen molar-refractivity contribution in [1.29, 1.82) is 0 Å². The highest BCUT2D eigenvalue weighted by atomic mass is 32.1. The van der Waals surface area contributed by atoms with E-state index in [-0.39, 0.29) is 0 Å². The van der Waals surface area contributed by atoms with Gasteiger partial charge in [-0.2, -0.15) is 0 Å². The van der Waals surface area contributed by atoms with Gasteiger partial charge in [-0.25, -0.2) is 4.98 Å². The van der Waals surface area contributed by atoms with Gasteiger partial charge in [0.2, 0.25) is 0 Å². The second-order valence-corrected chi connectivity index (χ2v) is 4.83. The van der Waals surface area contributed by atoms with Crippen LogP contribution in [-0.4, -0.2) is 24.7 Å². The maximum Gasteiger partial charge on any atom is 0.0795 e. The van der Waals surface area contributed by atoms with Crippen molar-refractivity contribution in [1.82, 2.24) is 10.3 Å². The zero-order valence-corrected chi connectivity index (χ0v) is 10.7. The zero-order valence-electron chi connectivity index (χ0n) is 9.86. The summed E-state index contributed by atoms with van der Waals surface area (Å²) in [6.45, 7) is 7.28. The highest BCUT2D eigenvalue weighted by Gasteiger charge is 2.17. The van der Waals surface area contributed by atoms with E-state index in [2.05, 4.69) is 36.5 Å². The van der Waals surface area contributed by atoms with Gasteiger partial charge in [-0.1, -0.05) is 13.8 Å². The van der Waals surface area contributed by atoms with Crippen LogP contribution >= 0.6 is 11.3 Å². The molecule has 0 bridgehead atoms. The van der Waals surface area contributed by atoms with E-state index in [1.807, 2.05) is 5.51 Å². The molecule has 0 aliphatic rings. The smallest absolute Gasteiger partial charge is 0.0795 e. The molecule has 3 nitrogen and oxygen atoms in total. The maximum atomic E-state index is 5.20. The molecule has 0 radical (unpaired) electrons. The molecular weight excluding hydrogens is 208 g/mol. The highest BCUT2D eigenvalue weighted by Crippen LogP contribution is 2.14. The molecule has 0 aliphatic heterocycles. The Morgan fingerprint density at radius 3 is 2.67 bits per heavy atom. The van der Waals surface area contributed by atoms with Crippen molar-refractivity contribution in [2.45, 2.75) is 32.9 Å². The van der Waals surface area contributed by atoms with E-state index in [0.29, 0.717) is 18.0 Å². The normalized spacial score (nSPS) is 15.5. The van der Waals surface area contributed by atoms with Crippen LogP contribution in [0.15, 0.2) is 10.9 Å². The van der Waals surface area contributed by atoms with Crippen LogP contribution in [0.2, 0.25) is 0 Å². The van der Waals surface area contributed by atoms with Gasteiger partial charge >= 0.3 is 0 Å². The molecule has 1 rings (SSSR count). The van der Waals surface area contributed by atoms with Crippen molar-refractivity contribution in [3.05, 3.63) is 16.6 Å². The first-order valence-electron chi connectivity index (χ1n) is 5.28. The van der Waals surface area contributed by atoms with Gasteiger partial charge in [-0.3, -0.25) is 0 Å². The summed E-state index contributed by atoms with van der Waals surface area (Å²) in [5, 5.41) is 5.62. The molecule has 0 spiro atoms. The fourth-order valence-corrected chi connectivity index (χ4v) is 2.10. The minimum atomic E-state index is 0.291. The predicted molar refractivity (Wildman–Crippen MR) is 64.2 cm³/mol. The average Bonchev–Trinajstić information content (AvgIpc) is 2.69. The van der Waals surface area contributed by atoms with Crippen LogP contribution in [-0.2, 0) is 4.74 Å². The summed E-state index contributed by atoms with van der Waals surface area (Å²) in [4.78, 5) is 4.30. The monoisotopic (exact) mass is 228 g/mol. The number of ether oxygens (including phenoxy) is 1. The summed E-state index contributed by atoms with van der Waals surface area (Å²) in [6, 6.07) is 0.672. The van der Waals surface area contributed by atoms with Crippen molar-refractivity contribution in [2.24, 2.45) is 5.92 Å². The molecule has 1 aromatic heterocycles. The lowest BCUT2D eigenvalue weighted by molar-refractivity contribution is 0.141. The van der Waals surface area contributed by atoms with Gasteiger partial charge in [0.25, 0.3) is 0 Å². The Labute approximate surface area is 95.9 Å². The third-order valence-corrected chi connectivity index (χ3v) is 3.11. The second kappa shape index (κ2) is 6.20. The Morgan fingerprint density at radius 2 is 2.20 bits per heavy atom. The molecule has 86 valence electrons. The quantitative estimate of drug-likeness (QED) is 0.812. The Bertz CT molecular complexity index is 262. The molecule has 2 atom stereocenters. The zero-order chi connectivity index (χ0) is 11.3. The van der Waals surface area contributed by atoms with Crippen molar-refractivity contribution >= 4 is 11.3 Å². The lowest BCUT2D eigenvalue weighted by Crippen LogP contribution is -2.39. The van der Waals surface area contributed by atoms with Crippen LogP contribution < -0.4 is 5.32 Å². The van der Waals surface area contributed by atoms with Crippen LogP contribution in [0.4, 0.5) is 0 Å². The Balaban J connectivity index is 2.50. The third-order valence-electron chi connectivity index (χ3n) is 2.51. The molecule has 15 heavy (non-hydrogen) atoms. The predicted octanol–water partition coefficient (Wildman–Crippen LogP) is 2.46. The van der Waals surface area contributed by atoms with E-state index >= 15 is 0 Å². The Kier molecular flexibility index (Phi) is 5.22. The van der Waals surface area contributed by atoms with Gasteiger partial charge in [0.05, 0.1) is 17.8 Å². The number of methoxy groups -OCH3 is 1. The molecule has 1 N–H and O–H groups in total.